The largest absolute Gasteiger partial charge is 0.416 e. The molecule has 1 aliphatic carbocycles. The summed E-state index contributed by atoms with van der Waals surface area (Å²) in [6.07, 6.45) is 1.45. The Morgan fingerprint density at radius 1 is 1.27 bits per heavy atom. The number of hydrogen-bond acceptors (Lipinski definition) is 6. The molecule has 8 nitrogen and oxygen atoms in total. The van der Waals surface area contributed by atoms with Crippen LogP contribution in [0.3, 0.4) is 0 Å². The van der Waals surface area contributed by atoms with Gasteiger partial charge >= 0.3 is 6.18 Å². The molecule has 4 rings (SSSR count). The van der Waals surface area contributed by atoms with Gasteiger partial charge in [0.25, 0.3) is 0 Å². The SMILES string of the molecule is CC1NNC2CCCC(N(C)S(=O)(=O)c3cnn(-c4cc(C(F)(F)F)ccn4)c3)C12. The van der Waals surface area contributed by atoms with Crippen LogP contribution in [-0.4, -0.2) is 52.7 Å². The van der Waals surface area contributed by atoms with Crippen LogP contribution in [0.1, 0.15) is 31.7 Å². The van der Waals surface area contributed by atoms with Crippen LogP contribution in [0, 0.1) is 5.92 Å². The maximum absolute atomic E-state index is 13.2. The van der Waals surface area contributed by atoms with E-state index in [2.05, 4.69) is 20.9 Å². The number of pyridine rings is 1. The summed E-state index contributed by atoms with van der Waals surface area (Å²) in [6.45, 7) is 2.02. The molecule has 2 fully saturated rings. The van der Waals surface area contributed by atoms with Crippen LogP contribution >= 0.6 is 0 Å². The van der Waals surface area contributed by atoms with Gasteiger partial charge in [-0.3, -0.25) is 10.9 Å². The van der Waals surface area contributed by atoms with Crippen LogP contribution in [0.5, 0.6) is 0 Å². The van der Waals surface area contributed by atoms with Gasteiger partial charge in [0.05, 0.1) is 18.0 Å². The normalized spacial score (nSPS) is 27.4. The molecule has 2 N–H and O–H groups in total. The van der Waals surface area contributed by atoms with E-state index in [0.717, 1.165) is 48.5 Å². The van der Waals surface area contributed by atoms with Gasteiger partial charge in [-0.2, -0.15) is 22.6 Å². The van der Waals surface area contributed by atoms with Crippen molar-refractivity contribution < 1.29 is 21.6 Å². The van der Waals surface area contributed by atoms with Crippen molar-refractivity contribution in [1.82, 2.24) is 29.9 Å². The number of hydrogen-bond donors (Lipinski definition) is 2. The Kier molecular flexibility index (Phi) is 5.37. The van der Waals surface area contributed by atoms with Crippen LogP contribution in [0.15, 0.2) is 35.6 Å². The van der Waals surface area contributed by atoms with Gasteiger partial charge in [-0.25, -0.2) is 18.1 Å². The van der Waals surface area contributed by atoms with Crippen molar-refractivity contribution in [2.75, 3.05) is 7.05 Å². The molecule has 0 amide bonds. The average molecular weight is 444 g/mol. The molecule has 4 atom stereocenters. The fraction of sp³-hybridized carbons (Fsp3) is 0.556. The Morgan fingerprint density at radius 3 is 2.77 bits per heavy atom. The first-order valence-corrected chi connectivity index (χ1v) is 11.1. The van der Waals surface area contributed by atoms with E-state index in [0.29, 0.717) is 0 Å². The summed E-state index contributed by atoms with van der Waals surface area (Å²) in [7, 11) is -2.33. The summed E-state index contributed by atoms with van der Waals surface area (Å²) in [5.74, 6) is 0.0168. The number of rotatable bonds is 4. The number of alkyl halides is 3. The number of sulfonamides is 1. The van der Waals surface area contributed by atoms with Crippen LogP contribution in [0.25, 0.3) is 5.82 Å². The number of nitrogens with zero attached hydrogens (tertiary/aromatic N) is 4. The molecule has 30 heavy (non-hydrogen) atoms. The van der Waals surface area contributed by atoms with Gasteiger partial charge in [0.1, 0.15) is 4.90 Å². The van der Waals surface area contributed by atoms with Gasteiger partial charge in [-0.15, -0.1) is 0 Å². The molecular formula is C18H23F3N6O2S. The van der Waals surface area contributed by atoms with Crippen molar-refractivity contribution in [3.8, 4) is 5.82 Å². The van der Waals surface area contributed by atoms with Gasteiger partial charge < -0.3 is 0 Å². The van der Waals surface area contributed by atoms with Crippen LogP contribution in [0.2, 0.25) is 0 Å². The van der Waals surface area contributed by atoms with E-state index < -0.39 is 21.8 Å². The summed E-state index contributed by atoms with van der Waals surface area (Å²) < 4.78 is 67.7. The molecule has 1 saturated carbocycles. The molecule has 0 radical (unpaired) electrons. The lowest BCUT2D eigenvalue weighted by atomic mass is 9.78. The number of nitrogens with one attached hydrogen (secondary N) is 2. The first kappa shape index (κ1) is 21.2. The van der Waals surface area contributed by atoms with Gasteiger partial charge in [0.2, 0.25) is 10.0 Å². The molecule has 0 aromatic carbocycles. The van der Waals surface area contributed by atoms with Crippen molar-refractivity contribution >= 4 is 10.0 Å². The van der Waals surface area contributed by atoms with E-state index in [1.807, 2.05) is 6.92 Å². The molecule has 164 valence electrons. The maximum atomic E-state index is 13.2. The van der Waals surface area contributed by atoms with E-state index >= 15 is 0 Å². The molecule has 1 saturated heterocycles. The predicted molar refractivity (Wildman–Crippen MR) is 102 cm³/mol. The van der Waals surface area contributed by atoms with Gasteiger partial charge in [0.15, 0.2) is 5.82 Å². The third-order valence-electron chi connectivity index (χ3n) is 6.01. The minimum absolute atomic E-state index is 0.0853. The van der Waals surface area contributed by atoms with E-state index in [1.165, 1.54) is 10.5 Å². The lowest BCUT2D eigenvalue weighted by molar-refractivity contribution is -0.137. The number of halogens is 3. The molecule has 2 aromatic rings. The summed E-state index contributed by atoms with van der Waals surface area (Å²) in [5, 5.41) is 3.94. The van der Waals surface area contributed by atoms with Crippen molar-refractivity contribution in [3.63, 3.8) is 0 Å². The second-order valence-corrected chi connectivity index (χ2v) is 9.80. The maximum Gasteiger partial charge on any atom is 0.416 e. The first-order valence-electron chi connectivity index (χ1n) is 9.66. The van der Waals surface area contributed by atoms with Crippen LogP contribution < -0.4 is 10.9 Å². The molecule has 2 aromatic heterocycles. The molecule has 2 aliphatic rings. The summed E-state index contributed by atoms with van der Waals surface area (Å²) in [6, 6.07) is 1.81. The zero-order valence-corrected chi connectivity index (χ0v) is 17.3. The Morgan fingerprint density at radius 2 is 2.03 bits per heavy atom. The molecule has 0 bridgehead atoms. The molecule has 12 heteroatoms. The zero-order chi connectivity index (χ0) is 21.7. The highest BCUT2D eigenvalue weighted by atomic mass is 32.2. The lowest BCUT2D eigenvalue weighted by Gasteiger charge is -2.39. The summed E-state index contributed by atoms with van der Waals surface area (Å²) >= 11 is 0. The highest BCUT2D eigenvalue weighted by molar-refractivity contribution is 7.89. The molecule has 1 aliphatic heterocycles. The van der Waals surface area contributed by atoms with E-state index in [4.69, 9.17) is 0 Å². The summed E-state index contributed by atoms with van der Waals surface area (Å²) in [4.78, 5) is 3.80. The topological polar surface area (TPSA) is 92.1 Å². The Balaban J connectivity index is 1.61. The van der Waals surface area contributed by atoms with Crippen LogP contribution in [-0.2, 0) is 16.2 Å². The van der Waals surface area contributed by atoms with E-state index in [1.54, 1.807) is 7.05 Å². The predicted octanol–water partition coefficient (Wildman–Crippen LogP) is 1.94. The first-order chi connectivity index (χ1) is 14.1. The highest BCUT2D eigenvalue weighted by Crippen LogP contribution is 2.35. The number of hydrazine groups is 1. The van der Waals surface area contributed by atoms with Gasteiger partial charge in [0, 0.05) is 37.3 Å². The quantitative estimate of drug-likeness (QED) is 0.749. The van der Waals surface area contributed by atoms with Crippen molar-refractivity contribution in [2.24, 2.45) is 5.92 Å². The van der Waals surface area contributed by atoms with Crippen molar-refractivity contribution in [2.45, 2.75) is 55.4 Å². The minimum atomic E-state index is -4.53. The Hall–Kier alpha value is -2.02. The van der Waals surface area contributed by atoms with Crippen molar-refractivity contribution in [1.29, 1.82) is 0 Å². The average Bonchev–Trinajstić information content (AvgIpc) is 3.35. The molecule has 0 spiro atoms. The standard InChI is InChI=1S/C18H23F3N6O2S/c1-11-17-14(25-24-11)4-3-5-15(17)26(2)30(28,29)13-9-23-27(10-13)16-8-12(6-7-22-16)18(19,20)21/h6-11,14-15,17,24-25H,3-5H2,1-2H3. The van der Waals surface area contributed by atoms with E-state index in [-0.39, 0.29) is 34.8 Å². The minimum Gasteiger partial charge on any atom is -0.254 e. The van der Waals surface area contributed by atoms with Gasteiger partial charge in [-0.1, -0.05) is 6.42 Å². The summed E-state index contributed by atoms with van der Waals surface area (Å²) in [5.41, 5.74) is 5.55. The fourth-order valence-electron chi connectivity index (χ4n) is 4.44. The second kappa shape index (κ2) is 7.59. The second-order valence-electron chi connectivity index (χ2n) is 7.80. The number of aromatic nitrogens is 3. The Bertz CT molecular complexity index is 1020. The smallest absolute Gasteiger partial charge is 0.254 e. The highest BCUT2D eigenvalue weighted by Gasteiger charge is 2.45. The number of fused-ring (bicyclic) bond motifs is 1. The molecular weight excluding hydrogens is 421 g/mol. The third kappa shape index (κ3) is 3.72. The zero-order valence-electron chi connectivity index (χ0n) is 16.5. The van der Waals surface area contributed by atoms with E-state index in [9.17, 15) is 21.6 Å². The van der Waals surface area contributed by atoms with Crippen molar-refractivity contribution in [3.05, 3.63) is 36.3 Å². The lowest BCUT2D eigenvalue weighted by Crippen LogP contribution is -2.50. The molecule has 3 heterocycles. The Labute approximate surface area is 172 Å². The molecule has 4 unspecified atom stereocenters. The monoisotopic (exact) mass is 444 g/mol. The third-order valence-corrected chi connectivity index (χ3v) is 7.84. The fourth-order valence-corrected chi connectivity index (χ4v) is 5.79. The van der Waals surface area contributed by atoms with Crippen LogP contribution in [0.4, 0.5) is 13.2 Å². The van der Waals surface area contributed by atoms with Gasteiger partial charge in [-0.05, 0) is 31.9 Å².